The fourth-order valence-corrected chi connectivity index (χ4v) is 7.31. The Morgan fingerprint density at radius 1 is 0.959 bits per heavy atom. The Balaban J connectivity index is 1.22. The summed E-state index contributed by atoms with van der Waals surface area (Å²) in [4.78, 5) is 20.4. The molecule has 1 saturated heterocycles. The fourth-order valence-electron chi connectivity index (χ4n) is 6.31. The van der Waals surface area contributed by atoms with E-state index in [1.54, 1.807) is 6.07 Å². The Kier molecular flexibility index (Phi) is 9.64. The van der Waals surface area contributed by atoms with Gasteiger partial charge in [-0.3, -0.25) is 0 Å². The lowest BCUT2D eigenvalue weighted by atomic mass is 9.84. The van der Waals surface area contributed by atoms with Crippen molar-refractivity contribution in [2.24, 2.45) is 10.8 Å². The first kappa shape index (κ1) is 34.7. The molecule has 1 aliphatic carbocycles. The normalized spacial score (nSPS) is 17.0. The van der Waals surface area contributed by atoms with Crippen molar-refractivity contribution in [2.45, 2.75) is 77.7 Å². The van der Waals surface area contributed by atoms with Crippen molar-refractivity contribution >= 4 is 21.7 Å². The Hall–Kier alpha value is -4.17. The van der Waals surface area contributed by atoms with Gasteiger partial charge < -0.3 is 25.2 Å². The average Bonchev–Trinajstić information content (AvgIpc) is 3.77. The molecule has 0 bridgehead atoms. The van der Waals surface area contributed by atoms with Crippen LogP contribution < -0.4 is 19.7 Å². The monoisotopic (exact) mass is 687 g/mol. The predicted molar refractivity (Wildman–Crippen MR) is 187 cm³/mol. The number of aliphatic hydroxyl groups is 2. The zero-order valence-electron chi connectivity index (χ0n) is 28.6. The summed E-state index contributed by atoms with van der Waals surface area (Å²) in [6, 6.07) is 13.0. The Bertz CT molecular complexity index is 1890. The van der Waals surface area contributed by atoms with Crippen LogP contribution in [0, 0.1) is 24.7 Å². The second kappa shape index (κ2) is 13.6. The minimum atomic E-state index is -4.19. The van der Waals surface area contributed by atoms with Crippen LogP contribution in [0.3, 0.4) is 0 Å². The highest BCUT2D eigenvalue weighted by Crippen LogP contribution is 2.49. The van der Waals surface area contributed by atoms with Gasteiger partial charge >= 0.3 is 0 Å². The summed E-state index contributed by atoms with van der Waals surface area (Å²) in [7, 11) is -4.19. The van der Waals surface area contributed by atoms with E-state index in [-0.39, 0.29) is 40.4 Å². The van der Waals surface area contributed by atoms with E-state index in [2.05, 4.69) is 55.6 Å². The van der Waals surface area contributed by atoms with Crippen LogP contribution in [0.5, 0.6) is 5.88 Å². The number of benzene rings is 2. The quantitative estimate of drug-likeness (QED) is 0.133. The maximum absolute atomic E-state index is 13.4. The second-order valence-corrected chi connectivity index (χ2v) is 16.2. The number of ether oxygens (including phenoxy) is 1. The topological polar surface area (TPSA) is 163 Å². The lowest BCUT2D eigenvalue weighted by Crippen LogP contribution is -2.53. The second-order valence-electron chi connectivity index (χ2n) is 14.5. The minimum absolute atomic E-state index is 0.0431. The number of aliphatic hydroxyl groups excluding tert-OH is 1. The van der Waals surface area contributed by atoms with Crippen molar-refractivity contribution in [1.82, 2.24) is 25.3 Å². The van der Waals surface area contributed by atoms with Gasteiger partial charge in [-0.25, -0.2) is 28.1 Å². The van der Waals surface area contributed by atoms with Crippen LogP contribution in [0.15, 0.2) is 65.8 Å². The number of aromatic nitrogens is 4. The molecule has 0 unspecified atom stereocenters. The van der Waals surface area contributed by atoms with Crippen LogP contribution in [-0.2, 0) is 16.6 Å². The van der Waals surface area contributed by atoms with Gasteiger partial charge in [0.05, 0.1) is 35.2 Å². The summed E-state index contributed by atoms with van der Waals surface area (Å²) in [5.74, 6) is 0.752. The number of nitrogens with one attached hydrogen (secondary N) is 2. The maximum atomic E-state index is 13.4. The zero-order valence-corrected chi connectivity index (χ0v) is 29.5. The first-order chi connectivity index (χ1) is 23.2. The van der Waals surface area contributed by atoms with E-state index in [0.29, 0.717) is 23.5 Å². The molecule has 2 fully saturated rings. The summed E-state index contributed by atoms with van der Waals surface area (Å²) < 4.78 is 35.6. The molecule has 1 aliphatic heterocycles. The Morgan fingerprint density at radius 3 is 2.27 bits per heavy atom. The van der Waals surface area contributed by atoms with Gasteiger partial charge in [-0.15, -0.1) is 0 Å². The van der Waals surface area contributed by atoms with Crippen molar-refractivity contribution in [3.63, 3.8) is 0 Å². The summed E-state index contributed by atoms with van der Waals surface area (Å²) in [6.45, 7) is 13.4. The van der Waals surface area contributed by atoms with Gasteiger partial charge in [-0.2, -0.15) is 4.98 Å². The molecular weight excluding hydrogens is 643 g/mol. The van der Waals surface area contributed by atoms with Crippen molar-refractivity contribution in [2.75, 3.05) is 29.3 Å². The molecule has 1 atom stereocenters. The molecule has 1 saturated carbocycles. The molecule has 49 heavy (non-hydrogen) atoms. The van der Waals surface area contributed by atoms with Crippen LogP contribution in [0.25, 0.3) is 11.3 Å². The summed E-state index contributed by atoms with van der Waals surface area (Å²) in [5.41, 5.74) is 4.91. The number of nitrogens with zero attached hydrogens (tertiary/aromatic N) is 5. The SMILES string of the molecule is Cc1cccc(C)c1-c1cc(OC[C@@H](CC2(C)CC2)NCc2ncc(N3CC(C)(C)C3)cn2)nc(NS(=O)(=O)c2cccc(C(O)O)c2)n1. The van der Waals surface area contributed by atoms with E-state index in [0.717, 1.165) is 54.7 Å². The predicted octanol–water partition coefficient (Wildman–Crippen LogP) is 4.91. The van der Waals surface area contributed by atoms with Crippen LogP contribution in [-0.4, -0.2) is 64.3 Å². The third kappa shape index (κ3) is 8.53. The van der Waals surface area contributed by atoms with Gasteiger partial charge in [0.1, 0.15) is 12.4 Å². The van der Waals surface area contributed by atoms with E-state index in [4.69, 9.17) is 4.74 Å². The van der Waals surface area contributed by atoms with E-state index in [1.165, 1.54) is 24.3 Å². The largest absolute Gasteiger partial charge is 0.476 e. The Morgan fingerprint density at radius 2 is 1.63 bits per heavy atom. The lowest BCUT2D eigenvalue weighted by molar-refractivity contribution is -0.0426. The van der Waals surface area contributed by atoms with Crippen molar-refractivity contribution in [1.29, 1.82) is 0 Å². The van der Waals surface area contributed by atoms with Crippen LogP contribution in [0.4, 0.5) is 11.6 Å². The number of anilines is 2. The number of sulfonamides is 1. The molecule has 12 nitrogen and oxygen atoms in total. The molecule has 2 aromatic carbocycles. The third-order valence-corrected chi connectivity index (χ3v) is 10.6. The molecule has 260 valence electrons. The molecule has 0 radical (unpaired) electrons. The van der Waals surface area contributed by atoms with E-state index in [1.807, 2.05) is 44.4 Å². The highest BCUT2D eigenvalue weighted by molar-refractivity contribution is 7.92. The zero-order chi connectivity index (χ0) is 35.0. The van der Waals surface area contributed by atoms with E-state index >= 15 is 0 Å². The highest BCUT2D eigenvalue weighted by atomic mass is 32.2. The molecule has 2 aliphatic rings. The van der Waals surface area contributed by atoms with Crippen LogP contribution in [0.2, 0.25) is 0 Å². The summed E-state index contributed by atoms with van der Waals surface area (Å²) in [5, 5.41) is 22.7. The summed E-state index contributed by atoms with van der Waals surface area (Å²) in [6.07, 6.45) is 5.12. The van der Waals surface area contributed by atoms with Gasteiger partial charge in [0, 0.05) is 36.3 Å². The minimum Gasteiger partial charge on any atom is -0.476 e. The highest BCUT2D eigenvalue weighted by Gasteiger charge is 2.39. The van der Waals surface area contributed by atoms with Crippen LogP contribution in [0.1, 0.15) is 68.8 Å². The van der Waals surface area contributed by atoms with Gasteiger partial charge in [-0.1, -0.05) is 51.1 Å². The van der Waals surface area contributed by atoms with Crippen molar-refractivity contribution in [3.8, 4) is 17.1 Å². The molecule has 4 aromatic rings. The number of rotatable bonds is 14. The van der Waals surface area contributed by atoms with Gasteiger partial charge in [0.25, 0.3) is 10.0 Å². The average molecular weight is 688 g/mol. The fraction of sp³-hybridized carbons (Fsp3) is 0.444. The number of hydrogen-bond donors (Lipinski definition) is 4. The molecular formula is C36H45N7O5S. The molecule has 4 N–H and O–H groups in total. The van der Waals surface area contributed by atoms with Gasteiger partial charge in [-0.05, 0) is 67.2 Å². The Labute approximate surface area is 288 Å². The number of aryl methyl sites for hydroxylation is 2. The molecule has 3 heterocycles. The molecule has 6 rings (SSSR count). The van der Waals surface area contributed by atoms with E-state index in [9.17, 15) is 18.6 Å². The van der Waals surface area contributed by atoms with Crippen molar-refractivity contribution in [3.05, 3.63) is 83.4 Å². The molecule has 13 heteroatoms. The maximum Gasteiger partial charge on any atom is 0.264 e. The molecule has 2 aromatic heterocycles. The third-order valence-electron chi connectivity index (χ3n) is 9.25. The standard InChI is InChI=1S/C36H45N7O5S/c1-23-8-6-9-24(2)32(23)29-15-31(41-34(40-29)42-49(46,47)28-11-7-10-25(14-28)33(44)45)48-20-26(16-36(5)12-13-36)37-19-30-38-17-27(18-39-30)43-21-35(3,4)22-43/h6-11,14-15,17-18,26,33,37,44-45H,12-13,16,19-22H2,1-5H3,(H,40,41,42)/t26-/m1/s1. The lowest BCUT2D eigenvalue weighted by Gasteiger charge is -2.47. The van der Waals surface area contributed by atoms with Crippen molar-refractivity contribution < 1.29 is 23.4 Å². The smallest absolute Gasteiger partial charge is 0.264 e. The van der Waals surface area contributed by atoms with E-state index < -0.39 is 16.3 Å². The van der Waals surface area contributed by atoms with Crippen LogP contribution >= 0.6 is 0 Å². The molecule has 0 spiro atoms. The summed E-state index contributed by atoms with van der Waals surface area (Å²) >= 11 is 0. The number of hydrogen-bond acceptors (Lipinski definition) is 11. The van der Waals surface area contributed by atoms with Gasteiger partial charge in [0.15, 0.2) is 6.29 Å². The van der Waals surface area contributed by atoms with Gasteiger partial charge in [0.2, 0.25) is 11.8 Å². The first-order valence-corrected chi connectivity index (χ1v) is 18.0. The first-order valence-electron chi connectivity index (χ1n) is 16.6. The molecule has 0 amide bonds.